The number of hydrogen-bond donors (Lipinski definition) is 3. The first-order valence-electron chi connectivity index (χ1n) is 5.69. The number of carbonyl (C=O) groups is 1. The number of nitrogens with one attached hydrogen (secondary N) is 1. The summed E-state index contributed by atoms with van der Waals surface area (Å²) in [6.45, 7) is 0.358. The number of carbonyl (C=O) groups excluding carboxylic acids is 1. The highest BCUT2D eigenvalue weighted by Gasteiger charge is 2.12. The van der Waals surface area contributed by atoms with Crippen molar-refractivity contribution in [1.82, 2.24) is 0 Å². The van der Waals surface area contributed by atoms with Crippen LogP contribution in [0.2, 0.25) is 0 Å². The second-order valence-corrected chi connectivity index (χ2v) is 4.02. The van der Waals surface area contributed by atoms with Gasteiger partial charge in [0.25, 0.3) is 5.91 Å². The number of aromatic hydroxyl groups is 1. The fourth-order valence-corrected chi connectivity index (χ4v) is 1.66. The Hall–Kier alpha value is -2.40. The van der Waals surface area contributed by atoms with E-state index in [0.29, 0.717) is 12.2 Å². The molecule has 2 aromatic rings. The Labute approximate surface area is 109 Å². The first kappa shape index (κ1) is 13.0. The molecule has 4 N–H and O–H groups in total. The average Bonchev–Trinajstić information content (AvgIpc) is 2.38. The largest absolute Gasteiger partial charge is 0.508 e. The van der Waals surface area contributed by atoms with Crippen molar-refractivity contribution in [2.75, 3.05) is 5.32 Å². The molecule has 2 rings (SSSR count). The van der Waals surface area contributed by atoms with Gasteiger partial charge in [-0.1, -0.05) is 12.1 Å². The molecule has 0 bridgehead atoms. The summed E-state index contributed by atoms with van der Waals surface area (Å²) in [6, 6.07) is 10.4. The molecular weight excluding hydrogens is 247 g/mol. The lowest BCUT2D eigenvalue weighted by atomic mass is 10.1. The Morgan fingerprint density at radius 1 is 1.26 bits per heavy atom. The summed E-state index contributed by atoms with van der Waals surface area (Å²) in [4.78, 5) is 11.9. The highest BCUT2D eigenvalue weighted by Crippen LogP contribution is 2.17. The van der Waals surface area contributed by atoms with Gasteiger partial charge in [-0.15, -0.1) is 0 Å². The molecule has 0 aliphatic rings. The lowest BCUT2D eigenvalue weighted by molar-refractivity contribution is 0.102. The topological polar surface area (TPSA) is 75.3 Å². The van der Waals surface area contributed by atoms with E-state index in [0.717, 1.165) is 11.6 Å². The van der Waals surface area contributed by atoms with E-state index in [2.05, 4.69) is 5.32 Å². The molecule has 0 saturated heterocycles. The molecule has 0 unspecified atom stereocenters. The zero-order valence-corrected chi connectivity index (χ0v) is 10.1. The van der Waals surface area contributed by atoms with Gasteiger partial charge in [0.1, 0.15) is 11.6 Å². The Morgan fingerprint density at radius 2 is 2.05 bits per heavy atom. The van der Waals surface area contributed by atoms with Gasteiger partial charge in [0.2, 0.25) is 0 Å². The van der Waals surface area contributed by atoms with Crippen LogP contribution in [0.3, 0.4) is 0 Å². The molecule has 0 saturated carbocycles. The average molecular weight is 260 g/mol. The fourth-order valence-electron chi connectivity index (χ4n) is 1.66. The van der Waals surface area contributed by atoms with Gasteiger partial charge in [-0.05, 0) is 29.8 Å². The van der Waals surface area contributed by atoms with Crippen molar-refractivity contribution in [1.29, 1.82) is 0 Å². The van der Waals surface area contributed by atoms with Crippen LogP contribution in [-0.2, 0) is 6.54 Å². The minimum absolute atomic E-state index is 0.129. The molecule has 0 aliphatic heterocycles. The van der Waals surface area contributed by atoms with E-state index in [1.807, 2.05) is 6.07 Å². The maximum Gasteiger partial charge on any atom is 0.258 e. The van der Waals surface area contributed by atoms with Gasteiger partial charge < -0.3 is 16.2 Å². The highest BCUT2D eigenvalue weighted by atomic mass is 19.1. The molecule has 0 heterocycles. The van der Waals surface area contributed by atoms with Crippen molar-refractivity contribution in [3.63, 3.8) is 0 Å². The summed E-state index contributed by atoms with van der Waals surface area (Å²) >= 11 is 0. The summed E-state index contributed by atoms with van der Waals surface area (Å²) in [5.41, 5.74) is 6.78. The third-order valence-corrected chi connectivity index (χ3v) is 2.62. The number of amides is 1. The maximum atomic E-state index is 13.5. The van der Waals surface area contributed by atoms with Crippen molar-refractivity contribution in [3.8, 4) is 5.75 Å². The molecule has 5 heteroatoms. The molecule has 4 nitrogen and oxygen atoms in total. The number of anilines is 1. The van der Waals surface area contributed by atoms with E-state index in [9.17, 15) is 9.18 Å². The SMILES string of the molecule is NCc1cccc(NC(=O)c2ccc(O)cc2F)c1. The zero-order valence-electron chi connectivity index (χ0n) is 10.1. The Bertz CT molecular complexity index is 614. The van der Waals surface area contributed by atoms with E-state index >= 15 is 0 Å². The van der Waals surface area contributed by atoms with E-state index in [1.54, 1.807) is 18.2 Å². The molecular formula is C14H13FN2O2. The van der Waals surface area contributed by atoms with Gasteiger partial charge in [0, 0.05) is 18.3 Å². The lowest BCUT2D eigenvalue weighted by Gasteiger charge is -2.07. The zero-order chi connectivity index (χ0) is 13.8. The summed E-state index contributed by atoms with van der Waals surface area (Å²) in [6.07, 6.45) is 0. The van der Waals surface area contributed by atoms with Crippen LogP contribution in [0.5, 0.6) is 5.75 Å². The molecule has 0 atom stereocenters. The Morgan fingerprint density at radius 3 is 2.74 bits per heavy atom. The standard InChI is InChI=1S/C14H13FN2O2/c15-13-7-11(18)4-5-12(13)14(19)17-10-3-1-2-9(6-10)8-16/h1-7,18H,8,16H2,(H,17,19). The molecule has 1 amide bonds. The van der Waals surface area contributed by atoms with E-state index in [4.69, 9.17) is 10.8 Å². The van der Waals surface area contributed by atoms with Gasteiger partial charge in [-0.25, -0.2) is 4.39 Å². The quantitative estimate of drug-likeness (QED) is 0.792. The molecule has 0 radical (unpaired) electrons. The van der Waals surface area contributed by atoms with Gasteiger partial charge in [-0.3, -0.25) is 4.79 Å². The summed E-state index contributed by atoms with van der Waals surface area (Å²) in [7, 11) is 0. The Balaban J connectivity index is 2.20. The fraction of sp³-hybridized carbons (Fsp3) is 0.0714. The number of phenols is 1. The van der Waals surface area contributed by atoms with Crippen molar-refractivity contribution in [2.24, 2.45) is 5.73 Å². The third kappa shape index (κ3) is 3.08. The van der Waals surface area contributed by atoms with Gasteiger partial charge in [0.05, 0.1) is 5.56 Å². The molecule has 0 aliphatic carbocycles. The van der Waals surface area contributed by atoms with Crippen LogP contribution in [-0.4, -0.2) is 11.0 Å². The number of phenolic OH excluding ortho intramolecular Hbond substituents is 1. The molecule has 2 aromatic carbocycles. The van der Waals surface area contributed by atoms with Crippen molar-refractivity contribution in [3.05, 3.63) is 59.4 Å². The first-order chi connectivity index (χ1) is 9.10. The van der Waals surface area contributed by atoms with E-state index in [-0.39, 0.29) is 11.3 Å². The number of halogens is 1. The molecule has 19 heavy (non-hydrogen) atoms. The van der Waals surface area contributed by atoms with Gasteiger partial charge >= 0.3 is 0 Å². The van der Waals surface area contributed by atoms with E-state index < -0.39 is 11.7 Å². The Kier molecular flexibility index (Phi) is 3.77. The minimum Gasteiger partial charge on any atom is -0.508 e. The predicted molar refractivity (Wildman–Crippen MR) is 70.4 cm³/mol. The summed E-state index contributed by atoms with van der Waals surface area (Å²) < 4.78 is 13.5. The molecule has 0 spiro atoms. The molecule has 0 fully saturated rings. The number of hydrogen-bond acceptors (Lipinski definition) is 3. The number of benzene rings is 2. The van der Waals surface area contributed by atoms with Crippen LogP contribution >= 0.6 is 0 Å². The lowest BCUT2D eigenvalue weighted by Crippen LogP contribution is -2.14. The van der Waals surface area contributed by atoms with Crippen molar-refractivity contribution >= 4 is 11.6 Å². The number of rotatable bonds is 3. The summed E-state index contributed by atoms with van der Waals surface area (Å²) in [5.74, 6) is -1.57. The van der Waals surface area contributed by atoms with Crippen molar-refractivity contribution in [2.45, 2.75) is 6.54 Å². The minimum atomic E-state index is -0.771. The molecule has 0 aromatic heterocycles. The van der Waals surface area contributed by atoms with Crippen LogP contribution < -0.4 is 11.1 Å². The van der Waals surface area contributed by atoms with E-state index in [1.165, 1.54) is 12.1 Å². The van der Waals surface area contributed by atoms with Gasteiger partial charge in [0.15, 0.2) is 0 Å². The van der Waals surface area contributed by atoms with Crippen LogP contribution in [0.25, 0.3) is 0 Å². The second kappa shape index (κ2) is 5.49. The smallest absolute Gasteiger partial charge is 0.258 e. The van der Waals surface area contributed by atoms with Crippen LogP contribution in [0.4, 0.5) is 10.1 Å². The van der Waals surface area contributed by atoms with Crippen LogP contribution in [0, 0.1) is 5.82 Å². The molecule has 98 valence electrons. The maximum absolute atomic E-state index is 13.5. The summed E-state index contributed by atoms with van der Waals surface area (Å²) in [5, 5.41) is 11.7. The number of nitrogens with two attached hydrogens (primary N) is 1. The van der Waals surface area contributed by atoms with Crippen molar-refractivity contribution < 1.29 is 14.3 Å². The normalized spacial score (nSPS) is 10.2. The second-order valence-electron chi connectivity index (χ2n) is 4.02. The predicted octanol–water partition coefficient (Wildman–Crippen LogP) is 2.24. The van der Waals surface area contributed by atoms with Crippen LogP contribution in [0.15, 0.2) is 42.5 Å². The third-order valence-electron chi connectivity index (χ3n) is 2.62. The first-order valence-corrected chi connectivity index (χ1v) is 5.69. The van der Waals surface area contributed by atoms with Gasteiger partial charge in [-0.2, -0.15) is 0 Å². The van der Waals surface area contributed by atoms with Crippen LogP contribution in [0.1, 0.15) is 15.9 Å². The monoisotopic (exact) mass is 260 g/mol. The highest BCUT2D eigenvalue weighted by molar-refractivity contribution is 6.04.